The second-order valence-electron chi connectivity index (χ2n) is 12.9. The Morgan fingerprint density at radius 1 is 0.981 bits per heavy atom. The van der Waals surface area contributed by atoms with E-state index in [1.54, 1.807) is 43.3 Å². The minimum Gasteiger partial charge on any atom is -0.481 e. The third-order valence-corrected chi connectivity index (χ3v) is 9.06. The number of nitrogens with one attached hydrogen (secondary N) is 2. The van der Waals surface area contributed by atoms with Crippen molar-refractivity contribution in [3.63, 3.8) is 0 Å². The van der Waals surface area contributed by atoms with Crippen LogP contribution in [0.4, 0.5) is 0 Å². The zero-order valence-corrected chi connectivity index (χ0v) is 31.7. The number of likely N-dealkylation sites (N-methyl/N-ethyl adjacent to an activating group) is 1. The standard InChI is InChI=1S/C38H46Cl2N6O6/c1-24(37(49)43-34(22-51-6)38(50)45(5)31(19-36(47)48)17-26-7-10-28(39)11-8-26)41-20-27-9-12-29(40)18-35(27)52-32-15-13-30(14-16-32)46-23-42-33(25(46)2)21-44(3)4/h7-16,18,23-24,31,34,41H,17,19-22H2,1-6H3,(H,43,49)(H,47,48). The normalized spacial score (nSPS) is 13.0. The molecule has 3 atom stereocenters. The van der Waals surface area contributed by atoms with E-state index in [9.17, 15) is 19.5 Å². The molecule has 0 spiro atoms. The molecule has 0 bridgehead atoms. The van der Waals surface area contributed by atoms with Crippen LogP contribution in [0, 0.1) is 6.92 Å². The number of benzene rings is 3. The minimum atomic E-state index is -1.05. The Morgan fingerprint density at radius 2 is 1.65 bits per heavy atom. The highest BCUT2D eigenvalue weighted by Gasteiger charge is 2.31. The van der Waals surface area contributed by atoms with Crippen molar-refractivity contribution in [3.05, 3.63) is 106 Å². The molecule has 14 heteroatoms. The molecule has 52 heavy (non-hydrogen) atoms. The van der Waals surface area contributed by atoms with Gasteiger partial charge in [0.1, 0.15) is 17.5 Å². The van der Waals surface area contributed by atoms with Crippen LogP contribution in [-0.4, -0.2) is 95.2 Å². The van der Waals surface area contributed by atoms with Gasteiger partial charge in [-0.15, -0.1) is 0 Å². The summed E-state index contributed by atoms with van der Waals surface area (Å²) in [6.07, 6.45) is 1.82. The summed E-state index contributed by atoms with van der Waals surface area (Å²) >= 11 is 12.3. The molecular formula is C38H46Cl2N6O6. The Balaban J connectivity index is 1.39. The third kappa shape index (κ3) is 11.3. The first kappa shape index (κ1) is 40.3. The summed E-state index contributed by atoms with van der Waals surface area (Å²) in [4.78, 5) is 46.6. The van der Waals surface area contributed by atoms with Gasteiger partial charge in [0.15, 0.2) is 0 Å². The van der Waals surface area contributed by atoms with E-state index >= 15 is 0 Å². The number of nitrogens with zero attached hydrogens (tertiary/aromatic N) is 4. The number of halogens is 2. The summed E-state index contributed by atoms with van der Waals surface area (Å²) in [6, 6.07) is 17.5. The Labute approximate surface area is 314 Å². The molecule has 278 valence electrons. The maximum absolute atomic E-state index is 13.6. The van der Waals surface area contributed by atoms with Gasteiger partial charge >= 0.3 is 5.97 Å². The van der Waals surface area contributed by atoms with Crippen LogP contribution in [0.3, 0.4) is 0 Å². The number of hydrogen-bond acceptors (Lipinski definition) is 8. The number of rotatable bonds is 18. The molecule has 2 amide bonds. The van der Waals surface area contributed by atoms with Crippen molar-refractivity contribution in [2.24, 2.45) is 0 Å². The van der Waals surface area contributed by atoms with E-state index < -0.39 is 35.9 Å². The number of amides is 2. The first-order chi connectivity index (χ1) is 24.7. The van der Waals surface area contributed by atoms with Gasteiger partial charge in [-0.05, 0) is 88.5 Å². The molecule has 3 N–H and O–H groups in total. The molecule has 3 unspecified atom stereocenters. The summed E-state index contributed by atoms with van der Waals surface area (Å²) in [5.74, 6) is -0.838. The van der Waals surface area contributed by atoms with Gasteiger partial charge in [-0.1, -0.05) is 41.4 Å². The van der Waals surface area contributed by atoms with Crippen molar-refractivity contribution in [2.45, 2.75) is 57.9 Å². The largest absolute Gasteiger partial charge is 0.481 e. The van der Waals surface area contributed by atoms with Crippen LogP contribution >= 0.6 is 23.2 Å². The maximum atomic E-state index is 13.6. The average molecular weight is 754 g/mol. The summed E-state index contributed by atoms with van der Waals surface area (Å²) < 4.78 is 13.5. The topological polar surface area (TPSA) is 138 Å². The SMILES string of the molecule is COCC(NC(=O)C(C)NCc1ccc(Cl)cc1Oc1ccc(-n2cnc(CN(C)C)c2C)cc1)C(=O)N(C)C(CC(=O)O)Cc1ccc(Cl)cc1. The van der Waals surface area contributed by atoms with Crippen molar-refractivity contribution < 1.29 is 29.0 Å². The summed E-state index contributed by atoms with van der Waals surface area (Å²) in [5, 5.41) is 16.6. The zero-order chi connectivity index (χ0) is 37.9. The van der Waals surface area contributed by atoms with E-state index in [1.165, 1.54) is 19.1 Å². The number of imidazole rings is 1. The van der Waals surface area contributed by atoms with Gasteiger partial charge < -0.3 is 39.6 Å². The number of ether oxygens (including phenoxy) is 2. The molecule has 1 aromatic heterocycles. The van der Waals surface area contributed by atoms with Crippen LogP contribution in [0.2, 0.25) is 10.0 Å². The highest BCUT2D eigenvalue weighted by atomic mass is 35.5. The molecule has 1 heterocycles. The van der Waals surface area contributed by atoms with Crippen LogP contribution in [0.25, 0.3) is 5.69 Å². The average Bonchev–Trinajstić information content (AvgIpc) is 3.46. The van der Waals surface area contributed by atoms with Gasteiger partial charge in [0.25, 0.3) is 0 Å². The Bertz CT molecular complexity index is 1820. The first-order valence-electron chi connectivity index (χ1n) is 16.8. The monoisotopic (exact) mass is 752 g/mol. The van der Waals surface area contributed by atoms with E-state index in [4.69, 9.17) is 32.7 Å². The highest BCUT2D eigenvalue weighted by Crippen LogP contribution is 2.30. The summed E-state index contributed by atoms with van der Waals surface area (Å²) in [6.45, 7) is 4.62. The number of carbonyl (C=O) groups excluding carboxylic acids is 2. The zero-order valence-electron chi connectivity index (χ0n) is 30.2. The van der Waals surface area contributed by atoms with Crippen molar-refractivity contribution in [2.75, 3.05) is 34.9 Å². The smallest absolute Gasteiger partial charge is 0.305 e. The quantitative estimate of drug-likeness (QED) is 0.120. The Morgan fingerprint density at radius 3 is 2.29 bits per heavy atom. The van der Waals surface area contributed by atoms with Gasteiger partial charge in [-0.25, -0.2) is 4.98 Å². The molecule has 12 nitrogen and oxygen atoms in total. The van der Waals surface area contributed by atoms with Gasteiger partial charge in [0.05, 0.1) is 31.1 Å². The number of hydrogen-bond donors (Lipinski definition) is 3. The minimum absolute atomic E-state index is 0.103. The van der Waals surface area contributed by atoms with Crippen molar-refractivity contribution >= 4 is 41.0 Å². The van der Waals surface area contributed by atoms with Crippen LogP contribution < -0.4 is 15.4 Å². The third-order valence-electron chi connectivity index (χ3n) is 8.58. The van der Waals surface area contributed by atoms with E-state index in [1.807, 2.05) is 62.2 Å². The molecule has 4 rings (SSSR count). The highest BCUT2D eigenvalue weighted by molar-refractivity contribution is 6.31. The van der Waals surface area contributed by atoms with E-state index in [0.29, 0.717) is 21.5 Å². The summed E-state index contributed by atoms with van der Waals surface area (Å²) in [7, 11) is 6.97. The fraction of sp³-hybridized carbons (Fsp3) is 0.368. The molecule has 0 aliphatic carbocycles. The lowest BCUT2D eigenvalue weighted by Crippen LogP contribution is -2.55. The number of methoxy groups -OCH3 is 1. The molecule has 3 aromatic carbocycles. The fourth-order valence-electron chi connectivity index (χ4n) is 5.59. The molecule has 0 aliphatic heterocycles. The van der Waals surface area contributed by atoms with Crippen LogP contribution in [0.5, 0.6) is 11.5 Å². The number of carbonyl (C=O) groups is 3. The number of aromatic nitrogens is 2. The van der Waals surface area contributed by atoms with Crippen molar-refractivity contribution in [1.29, 1.82) is 0 Å². The van der Waals surface area contributed by atoms with Crippen molar-refractivity contribution in [1.82, 2.24) is 30.0 Å². The second kappa shape index (κ2) is 18.9. The number of carboxylic acid groups (broad SMARTS) is 1. The lowest BCUT2D eigenvalue weighted by Gasteiger charge is -2.31. The van der Waals surface area contributed by atoms with E-state index in [-0.39, 0.29) is 26.0 Å². The second-order valence-corrected chi connectivity index (χ2v) is 13.8. The van der Waals surface area contributed by atoms with Gasteiger partial charge in [-0.3, -0.25) is 14.4 Å². The number of aliphatic carboxylic acids is 1. The predicted octanol–water partition coefficient (Wildman–Crippen LogP) is 5.50. The lowest BCUT2D eigenvalue weighted by atomic mass is 10.0. The van der Waals surface area contributed by atoms with Gasteiger partial charge in [0, 0.05) is 60.3 Å². The Hall–Kier alpha value is -4.46. The molecule has 0 radical (unpaired) electrons. The molecule has 4 aromatic rings. The lowest BCUT2D eigenvalue weighted by molar-refractivity contribution is -0.142. The number of carboxylic acids is 1. The molecule has 0 saturated carbocycles. The summed E-state index contributed by atoms with van der Waals surface area (Å²) in [5.41, 5.74) is 4.60. The first-order valence-corrected chi connectivity index (χ1v) is 17.5. The molecular weight excluding hydrogens is 707 g/mol. The van der Waals surface area contributed by atoms with Crippen LogP contribution in [-0.2, 0) is 38.6 Å². The molecule has 0 aliphatic rings. The van der Waals surface area contributed by atoms with Crippen molar-refractivity contribution in [3.8, 4) is 17.2 Å². The Kier molecular flexibility index (Phi) is 14.6. The predicted molar refractivity (Wildman–Crippen MR) is 201 cm³/mol. The fourth-order valence-corrected chi connectivity index (χ4v) is 5.88. The maximum Gasteiger partial charge on any atom is 0.305 e. The van der Waals surface area contributed by atoms with E-state index in [2.05, 4.69) is 20.5 Å². The van der Waals surface area contributed by atoms with Crippen LogP contribution in [0.1, 0.15) is 35.9 Å². The molecule has 0 fully saturated rings. The van der Waals surface area contributed by atoms with E-state index in [0.717, 1.165) is 34.7 Å². The van der Waals surface area contributed by atoms with Gasteiger partial charge in [0.2, 0.25) is 11.8 Å². The van der Waals surface area contributed by atoms with Crippen LogP contribution in [0.15, 0.2) is 73.1 Å². The molecule has 0 saturated heterocycles. The van der Waals surface area contributed by atoms with Gasteiger partial charge in [-0.2, -0.15) is 0 Å².